The minimum atomic E-state index is -0.344. The van der Waals surface area contributed by atoms with Crippen molar-refractivity contribution in [3.63, 3.8) is 0 Å². The summed E-state index contributed by atoms with van der Waals surface area (Å²) < 4.78 is 26.0. The zero-order valence-electron chi connectivity index (χ0n) is 19.7. The number of hydrogen-bond donors (Lipinski definition) is 1. The molecule has 1 N–H and O–H groups in total. The van der Waals surface area contributed by atoms with Gasteiger partial charge < -0.3 is 14.8 Å². The largest absolute Gasteiger partial charge is 0.493 e. The third kappa shape index (κ3) is 4.28. The van der Waals surface area contributed by atoms with E-state index in [9.17, 15) is 9.18 Å². The Bertz CT molecular complexity index is 1450. The highest BCUT2D eigenvalue weighted by Crippen LogP contribution is 2.42. The van der Waals surface area contributed by atoms with Gasteiger partial charge in [-0.15, -0.1) is 5.10 Å². The number of benzene rings is 2. The normalized spacial score (nSPS) is 14.6. The smallest absolute Gasteiger partial charge is 0.272 e. The van der Waals surface area contributed by atoms with Crippen LogP contribution in [0.25, 0.3) is 17.2 Å². The van der Waals surface area contributed by atoms with Gasteiger partial charge in [0.15, 0.2) is 11.5 Å². The molecule has 1 unspecified atom stereocenters. The Balaban J connectivity index is 1.57. The van der Waals surface area contributed by atoms with Gasteiger partial charge in [-0.1, -0.05) is 18.7 Å². The van der Waals surface area contributed by atoms with Gasteiger partial charge in [0.25, 0.3) is 5.95 Å². The molecule has 0 aliphatic carbocycles. The molecule has 0 saturated carbocycles. The molecule has 0 radical (unpaired) electrons. The van der Waals surface area contributed by atoms with Crippen LogP contribution in [0.4, 0.5) is 10.2 Å². The summed E-state index contributed by atoms with van der Waals surface area (Å²) in [6.07, 6.45) is 3.38. The standard InChI is InChI=1S/C26H23FN6O3/c1-4-11-36-22-12-17(7-10-21(22)35-3)19-13-23(34)30-25-24(19)15(2)32-33(25)26-29-20(14-28-31-26)16-5-8-18(27)9-6-16/h4-10,12,14,19H,1,11,13H2,2-3H3,(H,30,34). The summed E-state index contributed by atoms with van der Waals surface area (Å²) in [4.78, 5) is 17.4. The Morgan fingerprint density at radius 3 is 2.78 bits per heavy atom. The fourth-order valence-corrected chi connectivity index (χ4v) is 4.29. The van der Waals surface area contributed by atoms with Crippen LogP contribution < -0.4 is 14.8 Å². The minimum absolute atomic E-state index is 0.166. The Kier molecular flexibility index (Phi) is 6.16. The van der Waals surface area contributed by atoms with E-state index in [0.717, 1.165) is 16.8 Å². The maximum absolute atomic E-state index is 13.4. The van der Waals surface area contributed by atoms with Crippen molar-refractivity contribution in [3.05, 3.63) is 84.0 Å². The van der Waals surface area contributed by atoms with E-state index in [-0.39, 0.29) is 30.0 Å². The molecule has 2 aromatic carbocycles. The first-order chi connectivity index (χ1) is 17.5. The van der Waals surface area contributed by atoms with Crippen molar-refractivity contribution in [2.45, 2.75) is 19.3 Å². The number of amides is 1. The van der Waals surface area contributed by atoms with Crippen molar-refractivity contribution in [2.24, 2.45) is 0 Å². The van der Waals surface area contributed by atoms with Crippen molar-refractivity contribution in [3.8, 4) is 28.7 Å². The highest BCUT2D eigenvalue weighted by molar-refractivity contribution is 5.95. The number of anilines is 1. The molecule has 9 nitrogen and oxygen atoms in total. The van der Waals surface area contributed by atoms with E-state index in [2.05, 4.69) is 32.2 Å². The van der Waals surface area contributed by atoms with Crippen LogP contribution in [0.1, 0.15) is 29.2 Å². The molecule has 4 aromatic rings. The van der Waals surface area contributed by atoms with E-state index in [0.29, 0.717) is 35.2 Å². The number of ether oxygens (including phenoxy) is 2. The van der Waals surface area contributed by atoms with Crippen LogP contribution in [-0.4, -0.2) is 44.6 Å². The molecule has 0 fully saturated rings. The van der Waals surface area contributed by atoms with Crippen LogP contribution in [0.3, 0.4) is 0 Å². The first-order valence-electron chi connectivity index (χ1n) is 11.3. The predicted octanol–water partition coefficient (Wildman–Crippen LogP) is 4.22. The molecule has 0 bridgehead atoms. The highest BCUT2D eigenvalue weighted by atomic mass is 19.1. The lowest BCUT2D eigenvalue weighted by molar-refractivity contribution is -0.116. The number of methoxy groups -OCH3 is 1. The van der Waals surface area contributed by atoms with E-state index in [1.807, 2.05) is 25.1 Å². The lowest BCUT2D eigenvalue weighted by Gasteiger charge is -2.25. The number of nitrogens with zero attached hydrogens (tertiary/aromatic N) is 5. The summed E-state index contributed by atoms with van der Waals surface area (Å²) in [5, 5.41) is 15.7. The number of hydrogen-bond acceptors (Lipinski definition) is 7. The topological polar surface area (TPSA) is 104 Å². The number of rotatable bonds is 7. The summed E-state index contributed by atoms with van der Waals surface area (Å²) in [5.41, 5.74) is 3.63. The number of carbonyl (C=O) groups excluding carboxylic acids is 1. The van der Waals surface area contributed by atoms with Gasteiger partial charge in [0, 0.05) is 23.5 Å². The zero-order valence-corrected chi connectivity index (χ0v) is 19.7. The van der Waals surface area contributed by atoms with E-state index < -0.39 is 0 Å². The van der Waals surface area contributed by atoms with Gasteiger partial charge >= 0.3 is 0 Å². The first-order valence-corrected chi connectivity index (χ1v) is 11.3. The number of aromatic nitrogens is 5. The summed E-state index contributed by atoms with van der Waals surface area (Å²) in [7, 11) is 1.57. The van der Waals surface area contributed by atoms with Gasteiger partial charge in [0.2, 0.25) is 5.91 Å². The number of halogens is 1. The third-order valence-corrected chi connectivity index (χ3v) is 5.93. The molecular weight excluding hydrogens is 463 g/mol. The van der Waals surface area contributed by atoms with E-state index in [1.165, 1.54) is 23.0 Å². The second kappa shape index (κ2) is 9.57. The zero-order chi connectivity index (χ0) is 25.2. The Labute approximate surface area is 206 Å². The van der Waals surface area contributed by atoms with Crippen LogP contribution >= 0.6 is 0 Å². The molecule has 10 heteroatoms. The fourth-order valence-electron chi connectivity index (χ4n) is 4.29. The summed E-state index contributed by atoms with van der Waals surface area (Å²) >= 11 is 0. The van der Waals surface area contributed by atoms with Crippen LogP contribution in [0.2, 0.25) is 0 Å². The molecule has 2 aromatic heterocycles. The van der Waals surface area contributed by atoms with E-state index in [1.54, 1.807) is 25.3 Å². The van der Waals surface area contributed by atoms with Crippen molar-refractivity contribution >= 4 is 11.7 Å². The maximum Gasteiger partial charge on any atom is 0.272 e. The summed E-state index contributed by atoms with van der Waals surface area (Å²) in [6, 6.07) is 11.5. The Morgan fingerprint density at radius 1 is 1.22 bits per heavy atom. The van der Waals surface area contributed by atoms with Crippen molar-refractivity contribution in [1.82, 2.24) is 25.0 Å². The molecule has 1 aliphatic rings. The maximum atomic E-state index is 13.4. The second-order valence-electron chi connectivity index (χ2n) is 8.22. The van der Waals surface area contributed by atoms with Crippen molar-refractivity contribution in [1.29, 1.82) is 0 Å². The average molecular weight is 487 g/mol. The molecule has 36 heavy (non-hydrogen) atoms. The molecule has 1 atom stereocenters. The number of aryl methyl sites for hydroxylation is 1. The van der Waals surface area contributed by atoms with Gasteiger partial charge in [0.05, 0.1) is 24.7 Å². The summed E-state index contributed by atoms with van der Waals surface area (Å²) in [6.45, 7) is 5.88. The summed E-state index contributed by atoms with van der Waals surface area (Å²) in [5.74, 6) is 1.04. The van der Waals surface area contributed by atoms with Gasteiger partial charge in [-0.2, -0.15) is 14.9 Å². The third-order valence-electron chi connectivity index (χ3n) is 5.93. The molecule has 5 rings (SSSR count). The molecular formula is C26H23FN6O3. The second-order valence-corrected chi connectivity index (χ2v) is 8.22. The average Bonchev–Trinajstić information content (AvgIpc) is 3.23. The molecule has 182 valence electrons. The van der Waals surface area contributed by atoms with Gasteiger partial charge in [-0.05, 0) is 48.9 Å². The van der Waals surface area contributed by atoms with Crippen LogP contribution in [-0.2, 0) is 4.79 Å². The number of fused-ring (bicyclic) bond motifs is 1. The number of carbonyl (C=O) groups is 1. The quantitative estimate of drug-likeness (QED) is 0.390. The predicted molar refractivity (Wildman–Crippen MR) is 131 cm³/mol. The molecule has 0 spiro atoms. The highest BCUT2D eigenvalue weighted by Gasteiger charge is 2.34. The molecule has 3 heterocycles. The molecule has 0 saturated heterocycles. The fraction of sp³-hybridized carbons (Fsp3) is 0.192. The monoisotopic (exact) mass is 486 g/mol. The minimum Gasteiger partial charge on any atom is -0.493 e. The lowest BCUT2D eigenvalue weighted by atomic mass is 9.85. The van der Waals surface area contributed by atoms with E-state index in [4.69, 9.17) is 9.47 Å². The molecule has 1 aliphatic heterocycles. The van der Waals surface area contributed by atoms with Gasteiger partial charge in [-0.25, -0.2) is 9.37 Å². The lowest BCUT2D eigenvalue weighted by Crippen LogP contribution is -2.25. The number of nitrogens with one attached hydrogen (secondary N) is 1. The van der Waals surface area contributed by atoms with Crippen LogP contribution in [0, 0.1) is 12.7 Å². The van der Waals surface area contributed by atoms with Crippen LogP contribution in [0.15, 0.2) is 61.3 Å². The SMILES string of the molecule is C=CCOc1cc(C2CC(=O)Nc3c2c(C)nn3-c2nncc(-c3ccc(F)cc3)n2)ccc1OC. The van der Waals surface area contributed by atoms with Crippen LogP contribution in [0.5, 0.6) is 11.5 Å². The van der Waals surface area contributed by atoms with Crippen molar-refractivity contribution < 1.29 is 18.7 Å². The Hall–Kier alpha value is -4.60. The van der Waals surface area contributed by atoms with E-state index >= 15 is 0 Å². The van der Waals surface area contributed by atoms with Gasteiger partial charge in [0.1, 0.15) is 18.2 Å². The first kappa shape index (κ1) is 23.2. The van der Waals surface area contributed by atoms with Gasteiger partial charge in [-0.3, -0.25) is 4.79 Å². The van der Waals surface area contributed by atoms with Crippen molar-refractivity contribution in [2.75, 3.05) is 19.0 Å². The molecule has 1 amide bonds. The Morgan fingerprint density at radius 2 is 2.03 bits per heavy atom.